The van der Waals surface area contributed by atoms with Crippen molar-refractivity contribution in [1.82, 2.24) is 4.90 Å². The predicted octanol–water partition coefficient (Wildman–Crippen LogP) is 2.23. The number of ether oxygens (including phenoxy) is 1. The van der Waals surface area contributed by atoms with Crippen molar-refractivity contribution in [2.45, 2.75) is 0 Å². The molecule has 0 saturated carbocycles. The van der Waals surface area contributed by atoms with Crippen LogP contribution in [0.3, 0.4) is 0 Å². The molecular formula is C17H19BrN3O2+. The number of amides is 1. The number of H-pyrrole nitrogens is 1. The average molecular weight is 377 g/mol. The summed E-state index contributed by atoms with van der Waals surface area (Å²) in [6.07, 6.45) is 3.84. The van der Waals surface area contributed by atoms with E-state index >= 15 is 0 Å². The molecule has 0 aliphatic carbocycles. The number of nitrogens with one attached hydrogen (secondary N) is 1. The van der Waals surface area contributed by atoms with E-state index in [2.05, 4.69) is 37.9 Å². The van der Waals surface area contributed by atoms with Gasteiger partial charge in [0, 0.05) is 49.6 Å². The summed E-state index contributed by atoms with van der Waals surface area (Å²) in [5.41, 5.74) is 1.86. The van der Waals surface area contributed by atoms with Crippen LogP contribution >= 0.6 is 15.9 Å². The fourth-order valence-electron chi connectivity index (χ4n) is 2.74. The Kier molecular flexibility index (Phi) is 4.81. The topological polar surface area (TPSA) is 46.9 Å². The Morgan fingerprint density at radius 1 is 1.13 bits per heavy atom. The third kappa shape index (κ3) is 3.47. The first-order valence-electron chi connectivity index (χ1n) is 7.53. The van der Waals surface area contributed by atoms with Crippen molar-refractivity contribution in [3.8, 4) is 5.75 Å². The van der Waals surface area contributed by atoms with Gasteiger partial charge in [-0.15, -0.1) is 0 Å². The molecule has 1 fully saturated rings. The highest BCUT2D eigenvalue weighted by Gasteiger charge is 2.23. The van der Waals surface area contributed by atoms with Gasteiger partial charge < -0.3 is 14.5 Å². The van der Waals surface area contributed by atoms with Crippen LogP contribution in [0.15, 0.2) is 47.2 Å². The molecule has 0 spiro atoms. The van der Waals surface area contributed by atoms with Crippen LogP contribution in [0.5, 0.6) is 5.75 Å². The molecule has 1 aliphatic heterocycles. The molecule has 0 bridgehead atoms. The number of methoxy groups -OCH3 is 1. The number of carbonyl (C=O) groups is 1. The summed E-state index contributed by atoms with van der Waals surface area (Å²) in [4.78, 5) is 19.9. The molecular weight excluding hydrogens is 358 g/mol. The number of carbonyl (C=O) groups excluding carboxylic acids is 1. The Hall–Kier alpha value is -2.08. The van der Waals surface area contributed by atoms with E-state index in [9.17, 15) is 4.79 Å². The fourth-order valence-corrected chi connectivity index (χ4v) is 3.28. The molecule has 2 heterocycles. The molecule has 1 aliphatic rings. The molecule has 0 radical (unpaired) electrons. The van der Waals surface area contributed by atoms with Gasteiger partial charge in [-0.3, -0.25) is 4.79 Å². The monoisotopic (exact) mass is 376 g/mol. The maximum Gasteiger partial charge on any atom is 0.254 e. The van der Waals surface area contributed by atoms with Gasteiger partial charge in [0.05, 0.1) is 11.6 Å². The zero-order valence-electron chi connectivity index (χ0n) is 13.0. The minimum Gasteiger partial charge on any atom is -0.496 e. The second-order valence-corrected chi connectivity index (χ2v) is 6.24. The van der Waals surface area contributed by atoms with Gasteiger partial charge in [0.25, 0.3) is 5.91 Å². The molecule has 0 atom stereocenters. The zero-order valence-corrected chi connectivity index (χ0v) is 14.5. The third-order valence-corrected chi connectivity index (χ3v) is 4.65. The lowest BCUT2D eigenvalue weighted by Crippen LogP contribution is -2.48. The number of nitrogens with zero attached hydrogens (tertiary/aromatic N) is 2. The summed E-state index contributed by atoms with van der Waals surface area (Å²) in [7, 11) is 1.61. The number of benzene rings is 1. The first-order valence-corrected chi connectivity index (χ1v) is 8.32. The van der Waals surface area contributed by atoms with E-state index in [1.54, 1.807) is 7.11 Å². The van der Waals surface area contributed by atoms with Gasteiger partial charge >= 0.3 is 0 Å². The molecule has 5 nitrogen and oxygen atoms in total. The Morgan fingerprint density at radius 3 is 2.43 bits per heavy atom. The SMILES string of the molecule is COc1ccc(C(=O)N2CCN(c3cc[nH+]cc3)CC2)cc1Br. The molecule has 2 aromatic rings. The summed E-state index contributed by atoms with van der Waals surface area (Å²) in [5, 5.41) is 0. The molecule has 1 N–H and O–H groups in total. The molecule has 3 rings (SSSR count). The fraction of sp³-hybridized carbons (Fsp3) is 0.294. The number of hydrogen-bond acceptors (Lipinski definition) is 3. The van der Waals surface area contributed by atoms with E-state index in [0.29, 0.717) is 5.56 Å². The van der Waals surface area contributed by atoms with Gasteiger partial charge in [-0.1, -0.05) is 0 Å². The Morgan fingerprint density at radius 2 is 1.83 bits per heavy atom. The van der Waals surface area contributed by atoms with Gasteiger partial charge in [0.1, 0.15) is 5.75 Å². The number of piperazine rings is 1. The predicted molar refractivity (Wildman–Crippen MR) is 91.8 cm³/mol. The van der Waals surface area contributed by atoms with E-state index in [1.165, 1.54) is 5.69 Å². The lowest BCUT2D eigenvalue weighted by atomic mass is 10.1. The van der Waals surface area contributed by atoms with E-state index in [0.717, 1.165) is 36.4 Å². The third-order valence-electron chi connectivity index (χ3n) is 4.03. The lowest BCUT2D eigenvalue weighted by Gasteiger charge is -2.35. The number of pyridine rings is 1. The highest BCUT2D eigenvalue weighted by Crippen LogP contribution is 2.26. The van der Waals surface area contributed by atoms with E-state index in [4.69, 9.17) is 4.74 Å². The molecule has 23 heavy (non-hydrogen) atoms. The Balaban J connectivity index is 1.65. The Bertz CT molecular complexity index is 685. The van der Waals surface area contributed by atoms with E-state index in [-0.39, 0.29) is 5.91 Å². The highest BCUT2D eigenvalue weighted by molar-refractivity contribution is 9.10. The van der Waals surface area contributed by atoms with Crippen LogP contribution in [0.4, 0.5) is 5.69 Å². The molecule has 0 unspecified atom stereocenters. The summed E-state index contributed by atoms with van der Waals surface area (Å²) >= 11 is 3.43. The number of anilines is 1. The quantitative estimate of drug-likeness (QED) is 0.824. The minimum atomic E-state index is 0.0643. The van der Waals surface area contributed by atoms with Crippen LogP contribution < -0.4 is 14.6 Å². The number of rotatable bonds is 3. The summed E-state index contributed by atoms with van der Waals surface area (Å²) < 4.78 is 6.00. The maximum atomic E-state index is 12.6. The maximum absolute atomic E-state index is 12.6. The lowest BCUT2D eigenvalue weighted by molar-refractivity contribution is -0.377. The highest BCUT2D eigenvalue weighted by atomic mass is 79.9. The smallest absolute Gasteiger partial charge is 0.254 e. The van der Waals surface area contributed by atoms with E-state index in [1.807, 2.05) is 35.5 Å². The molecule has 1 amide bonds. The van der Waals surface area contributed by atoms with Crippen LogP contribution in [-0.2, 0) is 0 Å². The number of hydrogen-bond donors (Lipinski definition) is 0. The van der Waals surface area contributed by atoms with Crippen molar-refractivity contribution in [1.29, 1.82) is 0 Å². The normalized spacial score (nSPS) is 14.7. The van der Waals surface area contributed by atoms with Crippen molar-refractivity contribution < 1.29 is 14.5 Å². The summed E-state index contributed by atoms with van der Waals surface area (Å²) in [6, 6.07) is 9.55. The minimum absolute atomic E-state index is 0.0643. The van der Waals surface area contributed by atoms with E-state index < -0.39 is 0 Å². The number of halogens is 1. The molecule has 1 aromatic heterocycles. The largest absolute Gasteiger partial charge is 0.496 e. The second kappa shape index (κ2) is 7.00. The first-order chi connectivity index (χ1) is 11.2. The van der Waals surface area contributed by atoms with Crippen molar-refractivity contribution in [2.24, 2.45) is 0 Å². The molecule has 1 saturated heterocycles. The van der Waals surface area contributed by atoms with Gasteiger partial charge in [-0.25, -0.2) is 4.98 Å². The average Bonchev–Trinajstić information content (AvgIpc) is 2.62. The van der Waals surface area contributed by atoms with Crippen molar-refractivity contribution in [3.63, 3.8) is 0 Å². The molecule has 1 aromatic carbocycles. The van der Waals surface area contributed by atoms with Gasteiger partial charge in [-0.2, -0.15) is 0 Å². The molecule has 6 heteroatoms. The molecule has 120 valence electrons. The van der Waals surface area contributed by atoms with Crippen LogP contribution in [0.25, 0.3) is 0 Å². The van der Waals surface area contributed by atoms with Gasteiger partial charge in [-0.05, 0) is 34.1 Å². The summed E-state index contributed by atoms with van der Waals surface area (Å²) in [6.45, 7) is 3.13. The van der Waals surface area contributed by atoms with Crippen LogP contribution in [0.1, 0.15) is 10.4 Å². The number of aromatic amines is 1. The first kappa shape index (κ1) is 15.8. The van der Waals surface area contributed by atoms with Crippen molar-refractivity contribution in [2.75, 3.05) is 38.2 Å². The van der Waals surface area contributed by atoms with Gasteiger partial charge in [0.15, 0.2) is 12.4 Å². The zero-order chi connectivity index (χ0) is 16.2. The summed E-state index contributed by atoms with van der Waals surface area (Å²) in [5.74, 6) is 0.793. The number of aromatic nitrogens is 1. The Labute approximate surface area is 144 Å². The van der Waals surface area contributed by atoms with Crippen molar-refractivity contribution in [3.05, 3.63) is 52.8 Å². The van der Waals surface area contributed by atoms with Crippen LogP contribution in [-0.4, -0.2) is 44.1 Å². The van der Waals surface area contributed by atoms with Gasteiger partial charge in [0.2, 0.25) is 0 Å². The standard InChI is InChI=1S/C17H18BrN3O2/c1-23-16-3-2-13(12-15(16)18)17(22)21-10-8-20(9-11-21)14-4-6-19-7-5-14/h2-7,12H,8-11H2,1H3/p+1. The van der Waals surface area contributed by atoms with Crippen LogP contribution in [0.2, 0.25) is 0 Å². The second-order valence-electron chi connectivity index (χ2n) is 5.39. The van der Waals surface area contributed by atoms with Crippen LogP contribution in [0, 0.1) is 0 Å². The van der Waals surface area contributed by atoms with Crippen molar-refractivity contribution >= 4 is 27.5 Å².